The topological polar surface area (TPSA) is 18.5 Å². The lowest BCUT2D eigenvalue weighted by Gasteiger charge is -2.09. The lowest BCUT2D eigenvalue weighted by atomic mass is 10.1. The van der Waals surface area contributed by atoms with Crippen molar-refractivity contribution in [3.05, 3.63) is 29.3 Å². The fraction of sp³-hybridized carbons (Fsp3) is 0.385. The second-order valence-electron chi connectivity index (χ2n) is 3.47. The zero-order chi connectivity index (χ0) is 12.0. The summed E-state index contributed by atoms with van der Waals surface area (Å²) in [5.41, 5.74) is 2.40. The molecule has 1 rings (SSSR count). The zero-order valence-corrected chi connectivity index (χ0v) is 11.5. The summed E-state index contributed by atoms with van der Waals surface area (Å²) >= 11 is 3.43. The lowest BCUT2D eigenvalue weighted by Crippen LogP contribution is -1.95. The van der Waals surface area contributed by atoms with Crippen molar-refractivity contribution in [2.75, 3.05) is 19.0 Å². The Kier molecular flexibility index (Phi) is 5.39. The first-order valence-electron chi connectivity index (χ1n) is 5.25. The zero-order valence-electron chi connectivity index (χ0n) is 9.92. The van der Waals surface area contributed by atoms with Gasteiger partial charge in [0.15, 0.2) is 11.5 Å². The largest absolute Gasteiger partial charge is 0.493 e. The predicted octanol–water partition coefficient (Wildman–Crippen LogP) is 3.89. The molecule has 0 atom stereocenters. The second kappa shape index (κ2) is 6.59. The molecule has 0 amide bonds. The highest BCUT2D eigenvalue weighted by Gasteiger charge is 2.03. The number of benzene rings is 1. The highest BCUT2D eigenvalue weighted by atomic mass is 79.9. The van der Waals surface area contributed by atoms with Gasteiger partial charge < -0.3 is 9.47 Å². The maximum Gasteiger partial charge on any atom is 0.161 e. The minimum absolute atomic E-state index is 0.640. The van der Waals surface area contributed by atoms with Crippen LogP contribution in [0.3, 0.4) is 0 Å². The van der Waals surface area contributed by atoms with Crippen LogP contribution >= 0.6 is 15.9 Å². The van der Waals surface area contributed by atoms with Gasteiger partial charge in [-0.25, -0.2) is 0 Å². The molecule has 1 aromatic carbocycles. The summed E-state index contributed by atoms with van der Waals surface area (Å²) in [6, 6.07) is 5.94. The number of ether oxygens (including phenoxy) is 2. The van der Waals surface area contributed by atoms with Crippen molar-refractivity contribution in [1.29, 1.82) is 0 Å². The van der Waals surface area contributed by atoms with Gasteiger partial charge in [-0.15, -0.1) is 0 Å². The van der Waals surface area contributed by atoms with Gasteiger partial charge in [0.05, 0.1) is 13.7 Å². The molecule has 0 fully saturated rings. The highest BCUT2D eigenvalue weighted by molar-refractivity contribution is 9.09. The number of alkyl halides is 1. The van der Waals surface area contributed by atoms with Gasteiger partial charge in [-0.1, -0.05) is 33.6 Å². The molecule has 0 aromatic heterocycles. The third kappa shape index (κ3) is 3.56. The van der Waals surface area contributed by atoms with E-state index in [-0.39, 0.29) is 0 Å². The van der Waals surface area contributed by atoms with Gasteiger partial charge in [-0.2, -0.15) is 0 Å². The fourth-order valence-corrected chi connectivity index (χ4v) is 1.54. The van der Waals surface area contributed by atoms with Crippen molar-refractivity contribution in [1.82, 2.24) is 0 Å². The van der Waals surface area contributed by atoms with Crippen LogP contribution in [0.5, 0.6) is 11.5 Å². The average Bonchev–Trinajstić information content (AvgIpc) is 2.30. The number of allylic oxidation sites excluding steroid dienone is 1. The maximum absolute atomic E-state index is 5.52. The van der Waals surface area contributed by atoms with E-state index in [0.717, 1.165) is 22.4 Å². The number of rotatable bonds is 5. The molecule has 0 aliphatic rings. The molecule has 16 heavy (non-hydrogen) atoms. The Labute approximate surface area is 105 Å². The highest BCUT2D eigenvalue weighted by Crippen LogP contribution is 2.28. The summed E-state index contributed by atoms with van der Waals surface area (Å²) in [5, 5.41) is 0.878. The molecule has 0 bridgehead atoms. The first-order valence-corrected chi connectivity index (χ1v) is 6.37. The van der Waals surface area contributed by atoms with Gasteiger partial charge >= 0.3 is 0 Å². The van der Waals surface area contributed by atoms with E-state index in [0.29, 0.717) is 6.61 Å². The summed E-state index contributed by atoms with van der Waals surface area (Å²) < 4.78 is 10.7. The van der Waals surface area contributed by atoms with Gasteiger partial charge in [-0.05, 0) is 31.5 Å². The van der Waals surface area contributed by atoms with Crippen molar-refractivity contribution in [3.63, 3.8) is 0 Å². The van der Waals surface area contributed by atoms with Crippen LogP contribution in [-0.2, 0) is 0 Å². The fourth-order valence-electron chi connectivity index (χ4n) is 1.37. The molecule has 0 radical (unpaired) electrons. The van der Waals surface area contributed by atoms with E-state index in [2.05, 4.69) is 28.9 Å². The van der Waals surface area contributed by atoms with E-state index in [1.165, 1.54) is 5.57 Å². The summed E-state index contributed by atoms with van der Waals surface area (Å²) in [4.78, 5) is 0. The van der Waals surface area contributed by atoms with Crippen LogP contribution in [0.4, 0.5) is 0 Å². The molecular formula is C13H17BrO2. The smallest absolute Gasteiger partial charge is 0.161 e. The maximum atomic E-state index is 5.52. The van der Waals surface area contributed by atoms with E-state index in [9.17, 15) is 0 Å². The van der Waals surface area contributed by atoms with Gasteiger partial charge in [0.25, 0.3) is 0 Å². The molecule has 1 aromatic rings. The van der Waals surface area contributed by atoms with Gasteiger partial charge in [-0.3, -0.25) is 0 Å². The van der Waals surface area contributed by atoms with Crippen LogP contribution in [-0.4, -0.2) is 19.0 Å². The molecular weight excluding hydrogens is 268 g/mol. The molecule has 88 valence electrons. The minimum atomic E-state index is 0.640. The Morgan fingerprint density at radius 2 is 2.12 bits per heavy atom. The number of methoxy groups -OCH3 is 1. The molecule has 0 heterocycles. The van der Waals surface area contributed by atoms with Crippen LogP contribution in [0.1, 0.15) is 19.4 Å². The summed E-state index contributed by atoms with van der Waals surface area (Å²) in [6.45, 7) is 4.69. The Bertz CT molecular complexity index is 372. The van der Waals surface area contributed by atoms with Crippen LogP contribution in [0.15, 0.2) is 23.8 Å². The van der Waals surface area contributed by atoms with Crippen LogP contribution in [0, 0.1) is 0 Å². The SMILES string of the molecule is CCOc1cc(C=C(C)CBr)ccc1OC. The Morgan fingerprint density at radius 3 is 2.69 bits per heavy atom. The number of hydrogen-bond acceptors (Lipinski definition) is 2. The van der Waals surface area contributed by atoms with E-state index in [1.807, 2.05) is 25.1 Å². The van der Waals surface area contributed by atoms with Crippen molar-refractivity contribution >= 4 is 22.0 Å². The summed E-state index contributed by atoms with van der Waals surface area (Å²) in [6.07, 6.45) is 2.12. The van der Waals surface area contributed by atoms with Crippen molar-refractivity contribution in [3.8, 4) is 11.5 Å². The molecule has 0 N–H and O–H groups in total. The quantitative estimate of drug-likeness (QED) is 0.764. The predicted molar refractivity (Wildman–Crippen MR) is 71.6 cm³/mol. The Hall–Kier alpha value is -0.960. The van der Waals surface area contributed by atoms with Gasteiger partial charge in [0.2, 0.25) is 0 Å². The van der Waals surface area contributed by atoms with Crippen molar-refractivity contribution < 1.29 is 9.47 Å². The molecule has 2 nitrogen and oxygen atoms in total. The lowest BCUT2D eigenvalue weighted by molar-refractivity contribution is 0.311. The molecule has 0 spiro atoms. The minimum Gasteiger partial charge on any atom is -0.493 e. The van der Waals surface area contributed by atoms with E-state index in [1.54, 1.807) is 7.11 Å². The Morgan fingerprint density at radius 1 is 1.38 bits per heavy atom. The monoisotopic (exact) mass is 284 g/mol. The molecule has 3 heteroatoms. The first-order chi connectivity index (χ1) is 7.71. The third-order valence-electron chi connectivity index (χ3n) is 2.11. The molecule has 0 aliphatic heterocycles. The third-order valence-corrected chi connectivity index (χ3v) is 3.00. The summed E-state index contributed by atoms with van der Waals surface area (Å²) in [5.74, 6) is 1.57. The summed E-state index contributed by atoms with van der Waals surface area (Å²) in [7, 11) is 1.65. The van der Waals surface area contributed by atoms with Crippen LogP contribution in [0.2, 0.25) is 0 Å². The van der Waals surface area contributed by atoms with Gasteiger partial charge in [0.1, 0.15) is 0 Å². The van der Waals surface area contributed by atoms with E-state index < -0.39 is 0 Å². The van der Waals surface area contributed by atoms with E-state index >= 15 is 0 Å². The standard InChI is InChI=1S/C13H17BrO2/c1-4-16-13-8-11(7-10(2)9-14)5-6-12(13)15-3/h5-8H,4,9H2,1-3H3. The first kappa shape index (κ1) is 13.1. The average molecular weight is 285 g/mol. The second-order valence-corrected chi connectivity index (χ2v) is 4.03. The number of hydrogen-bond donors (Lipinski definition) is 0. The van der Waals surface area contributed by atoms with E-state index in [4.69, 9.17) is 9.47 Å². The molecule has 0 aliphatic carbocycles. The molecule has 0 saturated heterocycles. The van der Waals surface area contributed by atoms with Crippen LogP contribution < -0.4 is 9.47 Å². The normalized spacial score (nSPS) is 11.4. The van der Waals surface area contributed by atoms with Gasteiger partial charge in [0, 0.05) is 5.33 Å². The van der Waals surface area contributed by atoms with Crippen molar-refractivity contribution in [2.24, 2.45) is 0 Å². The Balaban J connectivity index is 3.01. The van der Waals surface area contributed by atoms with Crippen LogP contribution in [0.25, 0.3) is 6.08 Å². The number of halogens is 1. The molecule has 0 unspecified atom stereocenters. The molecule has 0 saturated carbocycles. The van der Waals surface area contributed by atoms with Crippen molar-refractivity contribution in [2.45, 2.75) is 13.8 Å².